The molecule has 1 aromatic carbocycles. The molecule has 0 radical (unpaired) electrons. The molecule has 0 N–H and O–H groups in total. The van der Waals surface area contributed by atoms with Crippen LogP contribution >= 0.6 is 0 Å². The van der Waals surface area contributed by atoms with E-state index in [2.05, 4.69) is 0 Å². The fourth-order valence-electron chi connectivity index (χ4n) is 2.59. The number of aromatic nitrogens is 1. The normalized spacial score (nSPS) is 10.5. The van der Waals surface area contributed by atoms with Crippen molar-refractivity contribution in [2.24, 2.45) is 7.05 Å². The molecule has 0 bridgehead atoms. The Hall–Kier alpha value is -2.36. The number of benzene rings is 1. The monoisotopic (exact) mass is 299 g/mol. The van der Waals surface area contributed by atoms with Gasteiger partial charge in [0.2, 0.25) is 0 Å². The van der Waals surface area contributed by atoms with Gasteiger partial charge in [0.15, 0.2) is 5.43 Å². The van der Waals surface area contributed by atoms with Crippen LogP contribution in [-0.2, 0) is 18.2 Å². The molecular weight excluding hydrogens is 278 g/mol. The van der Waals surface area contributed by atoms with E-state index in [1.54, 1.807) is 6.92 Å². The molecule has 1 heterocycles. The predicted molar refractivity (Wildman–Crippen MR) is 87.1 cm³/mol. The van der Waals surface area contributed by atoms with E-state index in [1.165, 1.54) is 6.07 Å². The molecule has 0 unspecified atom stereocenters. The van der Waals surface area contributed by atoms with Gasteiger partial charge in [-0.1, -0.05) is 43.7 Å². The maximum Gasteiger partial charge on any atom is 0.343 e. The van der Waals surface area contributed by atoms with Crippen LogP contribution in [0.5, 0.6) is 0 Å². The van der Waals surface area contributed by atoms with E-state index in [0.717, 1.165) is 23.4 Å². The van der Waals surface area contributed by atoms with E-state index in [4.69, 9.17) is 4.74 Å². The number of nitrogens with zero attached hydrogens (tertiary/aromatic N) is 1. The summed E-state index contributed by atoms with van der Waals surface area (Å²) < 4.78 is 6.97. The Labute approximate surface area is 130 Å². The molecule has 1 aromatic heterocycles. The van der Waals surface area contributed by atoms with Crippen molar-refractivity contribution >= 4 is 5.97 Å². The Bertz CT molecular complexity index is 717. The molecule has 0 aliphatic carbocycles. The average molecular weight is 299 g/mol. The van der Waals surface area contributed by atoms with Crippen molar-refractivity contribution in [2.75, 3.05) is 6.61 Å². The van der Waals surface area contributed by atoms with Gasteiger partial charge in [-0.15, -0.1) is 0 Å². The second-order valence-electron chi connectivity index (χ2n) is 5.11. The maximum atomic E-state index is 12.5. The second-order valence-corrected chi connectivity index (χ2v) is 5.11. The zero-order valence-electron chi connectivity index (χ0n) is 13.3. The van der Waals surface area contributed by atoms with E-state index in [-0.39, 0.29) is 17.6 Å². The Balaban J connectivity index is 2.67. The summed E-state index contributed by atoms with van der Waals surface area (Å²) in [6.45, 7) is 4.02. The van der Waals surface area contributed by atoms with Crippen molar-refractivity contribution in [3.8, 4) is 11.3 Å². The van der Waals surface area contributed by atoms with Crippen LogP contribution in [0.25, 0.3) is 11.3 Å². The number of hydrogen-bond donors (Lipinski definition) is 0. The smallest absolute Gasteiger partial charge is 0.343 e. The lowest BCUT2D eigenvalue weighted by Gasteiger charge is -2.17. The molecule has 0 saturated carbocycles. The third kappa shape index (κ3) is 3.11. The largest absolute Gasteiger partial charge is 0.462 e. The van der Waals surface area contributed by atoms with Crippen molar-refractivity contribution in [3.63, 3.8) is 0 Å². The Morgan fingerprint density at radius 2 is 1.86 bits per heavy atom. The van der Waals surface area contributed by atoms with Crippen LogP contribution in [0.4, 0.5) is 0 Å². The van der Waals surface area contributed by atoms with Crippen molar-refractivity contribution in [1.82, 2.24) is 4.57 Å². The summed E-state index contributed by atoms with van der Waals surface area (Å²) in [5.41, 5.74) is 2.37. The third-order valence-electron chi connectivity index (χ3n) is 3.60. The van der Waals surface area contributed by atoms with Crippen LogP contribution in [0.3, 0.4) is 0 Å². The van der Waals surface area contributed by atoms with Gasteiger partial charge in [0.25, 0.3) is 0 Å². The minimum atomic E-state index is -0.536. The van der Waals surface area contributed by atoms with Gasteiger partial charge in [0.05, 0.1) is 12.3 Å². The van der Waals surface area contributed by atoms with E-state index >= 15 is 0 Å². The fourth-order valence-corrected chi connectivity index (χ4v) is 2.59. The van der Waals surface area contributed by atoms with Crippen LogP contribution in [0.1, 0.15) is 36.3 Å². The summed E-state index contributed by atoms with van der Waals surface area (Å²) in [4.78, 5) is 24.6. The zero-order valence-corrected chi connectivity index (χ0v) is 13.3. The van der Waals surface area contributed by atoms with Crippen molar-refractivity contribution in [3.05, 3.63) is 57.9 Å². The molecule has 2 aromatic rings. The quantitative estimate of drug-likeness (QED) is 0.797. The van der Waals surface area contributed by atoms with Gasteiger partial charge < -0.3 is 9.30 Å². The Morgan fingerprint density at radius 3 is 2.45 bits per heavy atom. The second kappa shape index (κ2) is 7.07. The van der Waals surface area contributed by atoms with Crippen LogP contribution in [0, 0.1) is 0 Å². The van der Waals surface area contributed by atoms with Crippen LogP contribution < -0.4 is 5.43 Å². The highest BCUT2D eigenvalue weighted by Crippen LogP contribution is 2.21. The predicted octanol–water partition coefficient (Wildman–Crippen LogP) is 3.18. The number of pyridine rings is 1. The zero-order chi connectivity index (χ0) is 16.1. The lowest BCUT2D eigenvalue weighted by Crippen LogP contribution is -2.24. The first-order valence-corrected chi connectivity index (χ1v) is 7.55. The summed E-state index contributed by atoms with van der Waals surface area (Å²) >= 11 is 0. The Kier molecular flexibility index (Phi) is 5.15. The van der Waals surface area contributed by atoms with Gasteiger partial charge in [-0.05, 0) is 18.9 Å². The number of esters is 1. The topological polar surface area (TPSA) is 48.3 Å². The van der Waals surface area contributed by atoms with Gasteiger partial charge in [0.1, 0.15) is 5.56 Å². The maximum absolute atomic E-state index is 12.5. The highest BCUT2D eigenvalue weighted by Gasteiger charge is 2.20. The summed E-state index contributed by atoms with van der Waals surface area (Å²) in [5.74, 6) is -0.536. The first kappa shape index (κ1) is 16.0. The highest BCUT2D eigenvalue weighted by atomic mass is 16.5. The van der Waals surface area contributed by atoms with Crippen LogP contribution in [0.2, 0.25) is 0 Å². The molecule has 0 saturated heterocycles. The molecule has 0 fully saturated rings. The van der Waals surface area contributed by atoms with Gasteiger partial charge >= 0.3 is 5.97 Å². The molecular formula is C18H21NO3. The minimum absolute atomic E-state index is 0.158. The van der Waals surface area contributed by atoms with Gasteiger partial charge in [-0.25, -0.2) is 4.79 Å². The molecule has 22 heavy (non-hydrogen) atoms. The number of rotatable bonds is 5. The summed E-state index contributed by atoms with van der Waals surface area (Å²) in [5, 5.41) is 0. The third-order valence-corrected chi connectivity index (χ3v) is 3.60. The fraction of sp³-hybridized carbons (Fsp3) is 0.333. The molecule has 0 amide bonds. The molecule has 4 nitrogen and oxygen atoms in total. The number of carbonyl (C=O) groups excluding carboxylic acids is 1. The molecule has 0 spiro atoms. The first-order chi connectivity index (χ1) is 10.6. The van der Waals surface area contributed by atoms with Crippen molar-refractivity contribution in [2.45, 2.75) is 26.7 Å². The van der Waals surface area contributed by atoms with Gasteiger partial charge in [0, 0.05) is 18.8 Å². The van der Waals surface area contributed by atoms with Crippen molar-refractivity contribution < 1.29 is 9.53 Å². The van der Waals surface area contributed by atoms with Crippen LogP contribution in [-0.4, -0.2) is 17.1 Å². The molecule has 116 valence electrons. The van der Waals surface area contributed by atoms with Crippen LogP contribution in [0.15, 0.2) is 41.2 Å². The molecule has 4 heteroatoms. The highest BCUT2D eigenvalue weighted by molar-refractivity contribution is 5.91. The standard InChI is InChI=1S/C18H21NO3/c1-4-9-14-17(18(21)22-5-2)16(20)12-15(19(14)3)13-10-7-6-8-11-13/h6-8,10-12H,4-5,9H2,1-3H3. The van der Waals surface area contributed by atoms with Gasteiger partial charge in [-0.3, -0.25) is 4.79 Å². The number of carbonyl (C=O) groups is 1. The lowest BCUT2D eigenvalue weighted by molar-refractivity contribution is 0.0522. The van der Waals surface area contributed by atoms with E-state index in [1.807, 2.05) is 48.9 Å². The minimum Gasteiger partial charge on any atom is -0.462 e. The number of ether oxygens (including phenoxy) is 1. The number of hydrogen-bond acceptors (Lipinski definition) is 3. The summed E-state index contributed by atoms with van der Waals surface area (Å²) in [6.07, 6.45) is 1.50. The summed E-state index contributed by atoms with van der Waals surface area (Å²) in [6, 6.07) is 11.2. The molecule has 0 aliphatic heterocycles. The molecule has 0 aliphatic rings. The van der Waals surface area contributed by atoms with Gasteiger partial charge in [-0.2, -0.15) is 0 Å². The lowest BCUT2D eigenvalue weighted by atomic mass is 10.0. The van der Waals surface area contributed by atoms with Crippen molar-refractivity contribution in [1.29, 1.82) is 0 Å². The van der Waals surface area contributed by atoms with E-state index < -0.39 is 5.97 Å². The Morgan fingerprint density at radius 1 is 1.18 bits per heavy atom. The summed E-state index contributed by atoms with van der Waals surface area (Å²) in [7, 11) is 1.88. The SMILES string of the molecule is CCCc1c(C(=O)OCC)c(=O)cc(-c2ccccc2)n1C. The molecule has 2 rings (SSSR count). The molecule has 0 atom stereocenters. The first-order valence-electron chi connectivity index (χ1n) is 7.55. The average Bonchev–Trinajstić information content (AvgIpc) is 2.52. The van der Waals surface area contributed by atoms with E-state index in [9.17, 15) is 9.59 Å². The van der Waals surface area contributed by atoms with E-state index in [0.29, 0.717) is 6.42 Å².